The van der Waals surface area contributed by atoms with Gasteiger partial charge in [0.25, 0.3) is 0 Å². The van der Waals surface area contributed by atoms with E-state index in [1.165, 1.54) is 7.05 Å². The second-order valence-corrected chi connectivity index (χ2v) is 10.7. The van der Waals surface area contributed by atoms with Gasteiger partial charge in [0.1, 0.15) is 6.04 Å². The summed E-state index contributed by atoms with van der Waals surface area (Å²) in [5.74, 6) is 0.269. The molecule has 0 aromatic carbocycles. The summed E-state index contributed by atoms with van der Waals surface area (Å²) in [6, 6.07) is -1.48. The van der Waals surface area contributed by atoms with Crippen molar-refractivity contribution in [1.82, 2.24) is 19.8 Å². The SMILES string of the molecule is CC1CC(C(=O)N[C@@H](C)C(=O)N[C@@H](C)[C@H](O)CN(C)S(C)(=O)=O)N(C)C(C)C1C. The summed E-state index contributed by atoms with van der Waals surface area (Å²) in [7, 11) is -0.134. The van der Waals surface area contributed by atoms with E-state index in [1.54, 1.807) is 13.8 Å². The predicted molar refractivity (Wildman–Crippen MR) is 113 cm³/mol. The van der Waals surface area contributed by atoms with Crippen LogP contribution < -0.4 is 10.6 Å². The highest BCUT2D eigenvalue weighted by Gasteiger charge is 2.38. The van der Waals surface area contributed by atoms with Crippen LogP contribution in [-0.4, -0.2) is 91.7 Å². The smallest absolute Gasteiger partial charge is 0.242 e. The van der Waals surface area contributed by atoms with E-state index in [0.717, 1.165) is 17.0 Å². The van der Waals surface area contributed by atoms with Crippen molar-refractivity contribution in [2.75, 3.05) is 26.9 Å². The van der Waals surface area contributed by atoms with Gasteiger partial charge in [-0.25, -0.2) is 12.7 Å². The van der Waals surface area contributed by atoms with Gasteiger partial charge >= 0.3 is 0 Å². The monoisotopic (exact) mass is 434 g/mol. The maximum atomic E-state index is 12.7. The van der Waals surface area contributed by atoms with Gasteiger partial charge < -0.3 is 15.7 Å². The van der Waals surface area contributed by atoms with Crippen LogP contribution in [0.4, 0.5) is 0 Å². The number of nitrogens with zero attached hydrogens (tertiary/aromatic N) is 2. The van der Waals surface area contributed by atoms with Gasteiger partial charge in [-0.05, 0) is 46.1 Å². The number of hydrogen-bond acceptors (Lipinski definition) is 6. The number of likely N-dealkylation sites (tertiary alicyclic amines) is 1. The third kappa shape index (κ3) is 6.91. The fourth-order valence-electron chi connectivity index (χ4n) is 3.53. The molecular weight excluding hydrogens is 396 g/mol. The Bertz CT molecular complexity index is 686. The Morgan fingerprint density at radius 1 is 1.21 bits per heavy atom. The Hall–Kier alpha value is -1.23. The maximum absolute atomic E-state index is 12.7. The molecule has 0 bridgehead atoms. The number of hydrogen-bond donors (Lipinski definition) is 3. The number of nitrogens with one attached hydrogen (secondary N) is 2. The molecule has 1 rings (SSSR count). The molecular formula is C19H38N4O5S. The number of piperidine rings is 1. The first-order valence-corrected chi connectivity index (χ1v) is 11.9. The minimum atomic E-state index is -3.42. The molecule has 1 saturated heterocycles. The third-order valence-corrected chi connectivity index (χ3v) is 7.68. The summed E-state index contributed by atoms with van der Waals surface area (Å²) in [5.41, 5.74) is 0. The highest BCUT2D eigenvalue weighted by atomic mass is 32.2. The van der Waals surface area contributed by atoms with Crippen molar-refractivity contribution in [3.8, 4) is 0 Å². The van der Waals surface area contributed by atoms with Gasteiger partial charge in [-0.15, -0.1) is 0 Å². The Morgan fingerprint density at radius 2 is 1.76 bits per heavy atom. The van der Waals surface area contributed by atoms with Crippen LogP contribution in [0.2, 0.25) is 0 Å². The molecule has 0 saturated carbocycles. The molecule has 2 amide bonds. The van der Waals surface area contributed by atoms with E-state index in [9.17, 15) is 23.1 Å². The van der Waals surface area contributed by atoms with Crippen molar-refractivity contribution in [1.29, 1.82) is 0 Å². The first-order valence-electron chi connectivity index (χ1n) is 10.1. The lowest BCUT2D eigenvalue weighted by molar-refractivity contribution is -0.134. The van der Waals surface area contributed by atoms with Crippen molar-refractivity contribution in [3.63, 3.8) is 0 Å². The molecule has 0 aromatic rings. The number of aliphatic hydroxyl groups excluding tert-OH is 1. The second-order valence-electron chi connectivity index (χ2n) is 8.63. The third-order valence-electron chi connectivity index (χ3n) is 6.40. The van der Waals surface area contributed by atoms with Crippen LogP contribution in [0, 0.1) is 11.8 Å². The molecule has 0 aliphatic carbocycles. The van der Waals surface area contributed by atoms with E-state index in [-0.39, 0.29) is 24.5 Å². The van der Waals surface area contributed by atoms with Crippen LogP contribution in [0.25, 0.3) is 0 Å². The van der Waals surface area contributed by atoms with Crippen molar-refractivity contribution in [2.24, 2.45) is 11.8 Å². The minimum Gasteiger partial charge on any atom is -0.390 e. The van der Waals surface area contributed by atoms with E-state index in [4.69, 9.17) is 0 Å². The van der Waals surface area contributed by atoms with Gasteiger partial charge in [0.05, 0.1) is 24.4 Å². The van der Waals surface area contributed by atoms with Gasteiger partial charge in [-0.3, -0.25) is 14.5 Å². The molecule has 10 heteroatoms. The number of carbonyl (C=O) groups is 2. The molecule has 0 aromatic heterocycles. The van der Waals surface area contributed by atoms with Gasteiger partial charge in [-0.1, -0.05) is 13.8 Å². The summed E-state index contributed by atoms with van der Waals surface area (Å²) < 4.78 is 23.9. The highest BCUT2D eigenvalue weighted by Crippen LogP contribution is 2.31. The van der Waals surface area contributed by atoms with Crippen molar-refractivity contribution in [3.05, 3.63) is 0 Å². The quantitative estimate of drug-likeness (QED) is 0.479. The standard InChI is InChI=1S/C19H38N4O5S/c1-11-9-16(23(7)15(5)12(11)2)19(26)21-14(4)18(25)20-13(3)17(24)10-22(6)29(8,27)28/h11-17,24H,9-10H2,1-8H3,(H,20,25)(H,21,26)/t11?,12?,13-,14-,15?,16?,17+/m0/s1. The predicted octanol–water partition coefficient (Wildman–Crippen LogP) is -0.387. The fourth-order valence-corrected chi connectivity index (χ4v) is 3.96. The Labute approximate surface area is 175 Å². The molecule has 1 aliphatic rings. The molecule has 0 spiro atoms. The molecule has 170 valence electrons. The van der Waals surface area contributed by atoms with Gasteiger partial charge in [0.15, 0.2) is 0 Å². The summed E-state index contributed by atoms with van der Waals surface area (Å²) in [6.07, 6.45) is 0.703. The van der Waals surface area contributed by atoms with E-state index >= 15 is 0 Å². The van der Waals surface area contributed by atoms with Gasteiger partial charge in [0.2, 0.25) is 21.8 Å². The molecule has 29 heavy (non-hydrogen) atoms. The Kier molecular flexibility index (Phi) is 9.07. The molecule has 9 nitrogen and oxygen atoms in total. The van der Waals surface area contributed by atoms with Crippen LogP contribution in [0.1, 0.15) is 41.0 Å². The molecule has 7 atom stereocenters. The first-order chi connectivity index (χ1) is 13.2. The first kappa shape index (κ1) is 25.8. The Balaban J connectivity index is 2.62. The molecule has 0 radical (unpaired) electrons. The second kappa shape index (κ2) is 10.2. The van der Waals surface area contributed by atoms with E-state index in [2.05, 4.69) is 36.3 Å². The summed E-state index contributed by atoms with van der Waals surface area (Å²) in [5, 5.41) is 15.6. The average molecular weight is 435 g/mol. The van der Waals surface area contributed by atoms with Crippen LogP contribution in [0.15, 0.2) is 0 Å². The average Bonchev–Trinajstić information content (AvgIpc) is 2.61. The van der Waals surface area contributed by atoms with Crippen molar-refractivity contribution < 1.29 is 23.1 Å². The summed E-state index contributed by atoms with van der Waals surface area (Å²) in [4.78, 5) is 27.2. The number of carbonyl (C=O) groups excluding carboxylic acids is 2. The topological polar surface area (TPSA) is 119 Å². The lowest BCUT2D eigenvalue weighted by atomic mass is 9.79. The summed E-state index contributed by atoms with van der Waals surface area (Å²) in [6.45, 7) is 9.47. The number of likely N-dealkylation sites (N-methyl/N-ethyl adjacent to an activating group) is 2. The largest absolute Gasteiger partial charge is 0.390 e. The van der Waals surface area contributed by atoms with Gasteiger partial charge in [0, 0.05) is 19.6 Å². The zero-order valence-electron chi connectivity index (χ0n) is 18.8. The zero-order valence-corrected chi connectivity index (χ0v) is 19.7. The van der Waals surface area contributed by atoms with Crippen molar-refractivity contribution in [2.45, 2.75) is 71.3 Å². The van der Waals surface area contributed by atoms with E-state index in [1.807, 2.05) is 7.05 Å². The Morgan fingerprint density at radius 3 is 2.28 bits per heavy atom. The van der Waals surface area contributed by atoms with E-state index in [0.29, 0.717) is 11.8 Å². The van der Waals surface area contributed by atoms with Crippen LogP contribution >= 0.6 is 0 Å². The van der Waals surface area contributed by atoms with Crippen LogP contribution in [0.5, 0.6) is 0 Å². The summed E-state index contributed by atoms with van der Waals surface area (Å²) >= 11 is 0. The van der Waals surface area contributed by atoms with Gasteiger partial charge in [-0.2, -0.15) is 0 Å². The zero-order chi connectivity index (χ0) is 22.7. The molecule has 1 aliphatic heterocycles. The number of amides is 2. The molecule has 4 unspecified atom stereocenters. The lowest BCUT2D eigenvalue weighted by Crippen LogP contribution is -2.59. The number of rotatable bonds is 8. The number of sulfonamides is 1. The molecule has 1 heterocycles. The van der Waals surface area contributed by atoms with Crippen LogP contribution in [-0.2, 0) is 19.6 Å². The van der Waals surface area contributed by atoms with E-state index < -0.39 is 34.1 Å². The maximum Gasteiger partial charge on any atom is 0.242 e. The fraction of sp³-hybridized carbons (Fsp3) is 0.895. The molecule has 1 fully saturated rings. The van der Waals surface area contributed by atoms with Crippen molar-refractivity contribution >= 4 is 21.8 Å². The highest BCUT2D eigenvalue weighted by molar-refractivity contribution is 7.88. The van der Waals surface area contributed by atoms with Crippen LogP contribution in [0.3, 0.4) is 0 Å². The minimum absolute atomic E-state index is 0.137. The number of aliphatic hydroxyl groups is 1. The normalized spacial score (nSPS) is 29.2. The molecule has 3 N–H and O–H groups in total. The lowest BCUT2D eigenvalue weighted by Gasteiger charge is -2.44.